The van der Waals surface area contributed by atoms with Gasteiger partial charge in [0.25, 0.3) is 0 Å². The van der Waals surface area contributed by atoms with Crippen molar-refractivity contribution in [1.29, 1.82) is 0 Å². The number of aromatic nitrogens is 1. The molecule has 0 aliphatic carbocycles. The second-order valence-corrected chi connectivity index (χ2v) is 4.26. The van der Waals surface area contributed by atoms with Crippen LogP contribution in [0.25, 0.3) is 0 Å². The predicted octanol–water partition coefficient (Wildman–Crippen LogP) is 3.06. The summed E-state index contributed by atoms with van der Waals surface area (Å²) in [4.78, 5) is 3.87. The van der Waals surface area contributed by atoms with E-state index < -0.39 is 12.6 Å². The SMILES string of the molecule is OCc1cc(Br)cnc1OCCCC(F)(F)F. The minimum Gasteiger partial charge on any atom is -0.477 e. The van der Waals surface area contributed by atoms with Crippen molar-refractivity contribution in [2.45, 2.75) is 25.6 Å². The van der Waals surface area contributed by atoms with E-state index in [1.54, 1.807) is 6.07 Å². The average molecular weight is 314 g/mol. The first kappa shape index (κ1) is 14.2. The van der Waals surface area contributed by atoms with Crippen molar-refractivity contribution < 1.29 is 23.0 Å². The van der Waals surface area contributed by atoms with Crippen LogP contribution >= 0.6 is 15.9 Å². The van der Waals surface area contributed by atoms with Crippen LogP contribution in [-0.2, 0) is 6.61 Å². The number of aliphatic hydroxyl groups is 1. The van der Waals surface area contributed by atoms with Gasteiger partial charge in [-0.25, -0.2) is 4.98 Å². The normalized spacial score (nSPS) is 11.6. The molecule has 1 rings (SSSR count). The lowest BCUT2D eigenvalue weighted by atomic mass is 10.3. The Hall–Kier alpha value is -0.820. The number of alkyl halides is 3. The van der Waals surface area contributed by atoms with Gasteiger partial charge in [0.05, 0.1) is 13.2 Å². The Morgan fingerprint density at radius 1 is 1.41 bits per heavy atom. The lowest BCUT2D eigenvalue weighted by molar-refractivity contribution is -0.136. The maximum atomic E-state index is 11.9. The lowest BCUT2D eigenvalue weighted by Gasteiger charge is -2.10. The highest BCUT2D eigenvalue weighted by Crippen LogP contribution is 2.23. The van der Waals surface area contributed by atoms with Crippen molar-refractivity contribution >= 4 is 15.9 Å². The van der Waals surface area contributed by atoms with Crippen molar-refractivity contribution in [2.24, 2.45) is 0 Å². The fraction of sp³-hybridized carbons (Fsp3) is 0.500. The topological polar surface area (TPSA) is 42.4 Å². The standard InChI is InChI=1S/C10H11BrF3NO2/c11-8-4-7(6-16)9(15-5-8)17-3-1-2-10(12,13)14/h4-5,16H,1-3,6H2. The second-order valence-electron chi connectivity index (χ2n) is 3.34. The number of ether oxygens (including phenoxy) is 1. The van der Waals surface area contributed by atoms with E-state index in [1.807, 2.05) is 0 Å². The summed E-state index contributed by atoms with van der Waals surface area (Å²) in [5, 5.41) is 9.01. The Balaban J connectivity index is 2.46. The number of hydrogen-bond acceptors (Lipinski definition) is 3. The highest BCUT2D eigenvalue weighted by molar-refractivity contribution is 9.10. The maximum absolute atomic E-state index is 11.9. The number of rotatable bonds is 5. The summed E-state index contributed by atoms with van der Waals surface area (Å²) in [5.74, 6) is 0.165. The summed E-state index contributed by atoms with van der Waals surface area (Å²) < 4.78 is 41.3. The molecule has 1 N–H and O–H groups in total. The Morgan fingerprint density at radius 3 is 2.71 bits per heavy atom. The smallest absolute Gasteiger partial charge is 0.389 e. The molecule has 0 aliphatic rings. The zero-order valence-electron chi connectivity index (χ0n) is 8.80. The van der Waals surface area contributed by atoms with Crippen molar-refractivity contribution in [1.82, 2.24) is 4.98 Å². The van der Waals surface area contributed by atoms with Gasteiger partial charge >= 0.3 is 6.18 Å². The van der Waals surface area contributed by atoms with Gasteiger partial charge in [-0.3, -0.25) is 0 Å². The fourth-order valence-corrected chi connectivity index (χ4v) is 1.53. The molecule has 1 aromatic rings. The molecule has 96 valence electrons. The minimum atomic E-state index is -4.17. The van der Waals surface area contributed by atoms with E-state index in [1.165, 1.54) is 6.20 Å². The molecule has 0 aliphatic heterocycles. The number of pyridine rings is 1. The van der Waals surface area contributed by atoms with Crippen LogP contribution < -0.4 is 4.74 Å². The van der Waals surface area contributed by atoms with Crippen LogP contribution in [0.2, 0.25) is 0 Å². The van der Waals surface area contributed by atoms with Crippen LogP contribution in [-0.4, -0.2) is 22.9 Å². The summed E-state index contributed by atoms with van der Waals surface area (Å²) in [6, 6.07) is 1.60. The third kappa shape index (κ3) is 5.36. The van der Waals surface area contributed by atoms with E-state index >= 15 is 0 Å². The van der Waals surface area contributed by atoms with Gasteiger partial charge in [0, 0.05) is 22.7 Å². The quantitative estimate of drug-likeness (QED) is 0.850. The molecule has 1 heterocycles. The molecule has 3 nitrogen and oxygen atoms in total. The average Bonchev–Trinajstić information content (AvgIpc) is 2.24. The number of halogens is 4. The van der Waals surface area contributed by atoms with E-state index in [2.05, 4.69) is 20.9 Å². The molecule has 0 radical (unpaired) electrons. The van der Waals surface area contributed by atoms with E-state index in [-0.39, 0.29) is 25.5 Å². The molecule has 7 heteroatoms. The molecule has 0 unspecified atom stereocenters. The molecular weight excluding hydrogens is 303 g/mol. The van der Waals surface area contributed by atoms with E-state index in [0.717, 1.165) is 0 Å². The maximum Gasteiger partial charge on any atom is 0.389 e. The first-order valence-corrected chi connectivity index (χ1v) is 5.66. The zero-order chi connectivity index (χ0) is 12.9. The number of nitrogens with zero attached hydrogens (tertiary/aromatic N) is 1. The fourth-order valence-electron chi connectivity index (χ4n) is 1.15. The van der Waals surface area contributed by atoms with E-state index in [0.29, 0.717) is 10.0 Å². The van der Waals surface area contributed by atoms with Crippen molar-refractivity contribution in [3.8, 4) is 5.88 Å². The molecule has 0 saturated heterocycles. The lowest BCUT2D eigenvalue weighted by Crippen LogP contribution is -2.10. The summed E-state index contributed by atoms with van der Waals surface area (Å²) >= 11 is 3.17. The summed E-state index contributed by atoms with van der Waals surface area (Å²) in [6.07, 6.45) is -3.74. The molecule has 1 aromatic heterocycles. The monoisotopic (exact) mass is 313 g/mol. The Bertz CT molecular complexity index is 371. The second kappa shape index (κ2) is 6.20. The molecular formula is C10H11BrF3NO2. The molecule has 0 amide bonds. The Kier molecular flexibility index (Phi) is 5.20. The third-order valence-electron chi connectivity index (χ3n) is 1.91. The Labute approximate surface area is 105 Å². The summed E-state index contributed by atoms with van der Waals surface area (Å²) in [5.41, 5.74) is 0.436. The van der Waals surface area contributed by atoms with Crippen molar-refractivity contribution in [3.63, 3.8) is 0 Å². The number of hydrogen-bond donors (Lipinski definition) is 1. The predicted molar refractivity (Wildman–Crippen MR) is 58.6 cm³/mol. The molecule has 17 heavy (non-hydrogen) atoms. The summed E-state index contributed by atoms with van der Waals surface area (Å²) in [6.45, 7) is -0.359. The van der Waals surface area contributed by atoms with E-state index in [4.69, 9.17) is 9.84 Å². The van der Waals surface area contributed by atoms with Gasteiger partial charge < -0.3 is 9.84 Å². The van der Waals surface area contributed by atoms with Crippen LogP contribution in [0.5, 0.6) is 5.88 Å². The summed E-state index contributed by atoms with van der Waals surface area (Å²) in [7, 11) is 0. The highest BCUT2D eigenvalue weighted by atomic mass is 79.9. The van der Waals surface area contributed by atoms with Gasteiger partial charge in [0.2, 0.25) is 5.88 Å². The Morgan fingerprint density at radius 2 is 2.12 bits per heavy atom. The van der Waals surface area contributed by atoms with Crippen molar-refractivity contribution in [2.75, 3.05) is 6.61 Å². The van der Waals surface area contributed by atoms with Gasteiger partial charge in [0.1, 0.15) is 0 Å². The van der Waals surface area contributed by atoms with Crippen LogP contribution in [0, 0.1) is 0 Å². The van der Waals surface area contributed by atoms with Gasteiger partial charge in [-0.05, 0) is 28.4 Å². The first-order valence-electron chi connectivity index (χ1n) is 4.87. The molecule has 0 spiro atoms. The van der Waals surface area contributed by atoms with Crippen LogP contribution in [0.4, 0.5) is 13.2 Å². The zero-order valence-corrected chi connectivity index (χ0v) is 10.4. The molecule has 0 fully saturated rings. The van der Waals surface area contributed by atoms with E-state index in [9.17, 15) is 13.2 Å². The van der Waals surface area contributed by atoms with Gasteiger partial charge in [-0.1, -0.05) is 0 Å². The van der Waals surface area contributed by atoms with Gasteiger partial charge in [-0.15, -0.1) is 0 Å². The minimum absolute atomic E-state index is 0.0822. The molecule has 0 aromatic carbocycles. The third-order valence-corrected chi connectivity index (χ3v) is 2.34. The van der Waals surface area contributed by atoms with Crippen LogP contribution in [0.1, 0.15) is 18.4 Å². The van der Waals surface area contributed by atoms with Gasteiger partial charge in [0.15, 0.2) is 0 Å². The number of aliphatic hydroxyl groups excluding tert-OH is 1. The molecule has 0 saturated carbocycles. The molecule has 0 atom stereocenters. The highest BCUT2D eigenvalue weighted by Gasteiger charge is 2.26. The van der Waals surface area contributed by atoms with Crippen molar-refractivity contribution in [3.05, 3.63) is 22.3 Å². The molecule has 0 bridgehead atoms. The largest absolute Gasteiger partial charge is 0.477 e. The van der Waals surface area contributed by atoms with Gasteiger partial charge in [-0.2, -0.15) is 13.2 Å². The first-order chi connectivity index (χ1) is 7.92. The van der Waals surface area contributed by atoms with Crippen LogP contribution in [0.15, 0.2) is 16.7 Å². The van der Waals surface area contributed by atoms with Crippen LogP contribution in [0.3, 0.4) is 0 Å².